The molecule has 1 heterocycles. The van der Waals surface area contributed by atoms with Crippen LogP contribution in [0.4, 0.5) is 11.4 Å². The highest BCUT2D eigenvalue weighted by Crippen LogP contribution is 2.32. The van der Waals surface area contributed by atoms with Crippen molar-refractivity contribution in [2.75, 3.05) is 23.8 Å². The van der Waals surface area contributed by atoms with Crippen LogP contribution in [0.3, 0.4) is 0 Å². The largest absolute Gasteiger partial charge is 0.490 e. The van der Waals surface area contributed by atoms with Crippen molar-refractivity contribution in [1.29, 1.82) is 0 Å². The van der Waals surface area contributed by atoms with Crippen LogP contribution < -0.4 is 20.1 Å². The van der Waals surface area contributed by atoms with Gasteiger partial charge in [0.15, 0.2) is 11.5 Å². The average molecular weight is 402 g/mol. The molecule has 3 aromatic carbocycles. The molecule has 2 amide bonds. The molecule has 6 nitrogen and oxygen atoms in total. The van der Waals surface area contributed by atoms with Crippen LogP contribution in [0.1, 0.15) is 32.7 Å². The van der Waals surface area contributed by atoms with Gasteiger partial charge in [-0.05, 0) is 48.9 Å². The van der Waals surface area contributed by atoms with E-state index in [1.807, 2.05) is 19.1 Å². The second-order valence-electron chi connectivity index (χ2n) is 7.02. The maximum Gasteiger partial charge on any atom is 0.255 e. The van der Waals surface area contributed by atoms with Gasteiger partial charge in [0.2, 0.25) is 0 Å². The molecule has 6 heteroatoms. The molecule has 0 aromatic heterocycles. The third kappa shape index (κ3) is 4.43. The summed E-state index contributed by atoms with van der Waals surface area (Å²) in [6.45, 7) is 3.07. The first-order valence-electron chi connectivity index (χ1n) is 9.78. The fourth-order valence-corrected chi connectivity index (χ4v) is 3.13. The molecule has 1 aliphatic rings. The summed E-state index contributed by atoms with van der Waals surface area (Å²) in [5.74, 6) is 0.788. The fraction of sp³-hybridized carbons (Fsp3) is 0.167. The van der Waals surface area contributed by atoms with Crippen LogP contribution >= 0.6 is 0 Å². The van der Waals surface area contributed by atoms with Gasteiger partial charge >= 0.3 is 0 Å². The van der Waals surface area contributed by atoms with E-state index >= 15 is 0 Å². The molecule has 0 unspecified atom stereocenters. The number of carbonyl (C=O) groups excluding carboxylic acids is 2. The Morgan fingerprint density at radius 3 is 2.30 bits per heavy atom. The maximum atomic E-state index is 12.8. The zero-order chi connectivity index (χ0) is 20.9. The zero-order valence-corrected chi connectivity index (χ0v) is 16.6. The van der Waals surface area contributed by atoms with Gasteiger partial charge in [0, 0.05) is 35.0 Å². The summed E-state index contributed by atoms with van der Waals surface area (Å²) in [7, 11) is 0. The van der Waals surface area contributed by atoms with Gasteiger partial charge in [-0.3, -0.25) is 9.59 Å². The van der Waals surface area contributed by atoms with Gasteiger partial charge in [-0.15, -0.1) is 0 Å². The van der Waals surface area contributed by atoms with Crippen LogP contribution in [0.5, 0.6) is 11.5 Å². The molecule has 2 N–H and O–H groups in total. The standard InChI is InChI=1S/C24H22N2O4/c1-16-8-9-18(14-20(16)26-23(27)17-6-3-2-4-7-17)24(28)25-19-10-11-21-22(15-19)30-13-5-12-29-21/h2-4,6-11,14-15H,5,12-13H2,1H3,(H,25,28)(H,26,27). The Hall–Kier alpha value is -3.80. The molecule has 152 valence electrons. The van der Waals surface area contributed by atoms with Crippen molar-refractivity contribution < 1.29 is 19.1 Å². The highest BCUT2D eigenvalue weighted by molar-refractivity contribution is 6.07. The Labute approximate surface area is 174 Å². The number of aryl methyl sites for hydroxylation is 1. The maximum absolute atomic E-state index is 12.8. The Morgan fingerprint density at radius 2 is 1.50 bits per heavy atom. The van der Waals surface area contributed by atoms with Crippen molar-refractivity contribution in [3.05, 3.63) is 83.4 Å². The molecular formula is C24H22N2O4. The minimum absolute atomic E-state index is 0.223. The van der Waals surface area contributed by atoms with E-state index in [4.69, 9.17) is 9.47 Å². The van der Waals surface area contributed by atoms with Gasteiger partial charge < -0.3 is 20.1 Å². The zero-order valence-electron chi connectivity index (χ0n) is 16.6. The molecule has 0 radical (unpaired) electrons. The van der Waals surface area contributed by atoms with E-state index in [0.29, 0.717) is 47.2 Å². The molecule has 4 rings (SSSR count). The van der Waals surface area contributed by atoms with Gasteiger partial charge in [0.05, 0.1) is 13.2 Å². The number of hydrogen-bond donors (Lipinski definition) is 2. The summed E-state index contributed by atoms with van der Waals surface area (Å²) in [5.41, 5.74) is 3.07. The molecule has 0 atom stereocenters. The molecule has 0 fully saturated rings. The number of hydrogen-bond acceptors (Lipinski definition) is 4. The van der Waals surface area contributed by atoms with Crippen molar-refractivity contribution in [2.24, 2.45) is 0 Å². The number of amides is 2. The van der Waals surface area contributed by atoms with Gasteiger partial charge in [-0.25, -0.2) is 0 Å². The summed E-state index contributed by atoms with van der Waals surface area (Å²) in [6.07, 6.45) is 0.817. The number of ether oxygens (including phenoxy) is 2. The molecule has 30 heavy (non-hydrogen) atoms. The number of nitrogens with one attached hydrogen (secondary N) is 2. The molecule has 3 aromatic rings. The van der Waals surface area contributed by atoms with E-state index in [2.05, 4.69) is 10.6 Å². The van der Waals surface area contributed by atoms with Crippen LogP contribution in [-0.2, 0) is 0 Å². The van der Waals surface area contributed by atoms with Crippen molar-refractivity contribution in [1.82, 2.24) is 0 Å². The Morgan fingerprint density at radius 1 is 0.767 bits per heavy atom. The summed E-state index contributed by atoms with van der Waals surface area (Å²) in [4.78, 5) is 25.2. The topological polar surface area (TPSA) is 76.7 Å². The summed E-state index contributed by atoms with van der Waals surface area (Å²) < 4.78 is 11.3. The molecule has 0 spiro atoms. The highest BCUT2D eigenvalue weighted by Gasteiger charge is 2.14. The Balaban J connectivity index is 1.50. The lowest BCUT2D eigenvalue weighted by atomic mass is 10.1. The lowest BCUT2D eigenvalue weighted by Gasteiger charge is -2.12. The molecule has 1 aliphatic heterocycles. The average Bonchev–Trinajstić information content (AvgIpc) is 3.01. The molecule has 0 saturated carbocycles. The van der Waals surface area contributed by atoms with E-state index < -0.39 is 0 Å². The Bertz CT molecular complexity index is 1080. The van der Waals surface area contributed by atoms with Gasteiger partial charge in [-0.1, -0.05) is 24.3 Å². The number of benzene rings is 3. The van der Waals surface area contributed by atoms with Crippen molar-refractivity contribution in [3.63, 3.8) is 0 Å². The summed E-state index contributed by atoms with van der Waals surface area (Å²) in [5, 5.41) is 5.75. The monoisotopic (exact) mass is 402 g/mol. The third-order valence-corrected chi connectivity index (χ3v) is 4.79. The van der Waals surface area contributed by atoms with Crippen molar-refractivity contribution >= 4 is 23.2 Å². The Kier molecular flexibility index (Phi) is 5.66. The number of rotatable bonds is 4. The first kappa shape index (κ1) is 19.5. The molecule has 0 saturated heterocycles. The van der Waals surface area contributed by atoms with Crippen LogP contribution in [0.2, 0.25) is 0 Å². The van der Waals surface area contributed by atoms with E-state index in [1.54, 1.807) is 54.6 Å². The predicted octanol–water partition coefficient (Wildman–Crippen LogP) is 4.66. The minimum atomic E-state index is -0.278. The number of fused-ring (bicyclic) bond motifs is 1. The first-order valence-corrected chi connectivity index (χ1v) is 9.78. The smallest absolute Gasteiger partial charge is 0.255 e. The van der Waals surface area contributed by atoms with Crippen LogP contribution in [0.25, 0.3) is 0 Å². The quantitative estimate of drug-likeness (QED) is 0.665. The third-order valence-electron chi connectivity index (χ3n) is 4.79. The highest BCUT2D eigenvalue weighted by atomic mass is 16.5. The van der Waals surface area contributed by atoms with Crippen molar-refractivity contribution in [3.8, 4) is 11.5 Å². The molecule has 0 bridgehead atoms. The van der Waals surface area contributed by atoms with E-state index in [9.17, 15) is 9.59 Å². The summed E-state index contributed by atoms with van der Waals surface area (Å²) >= 11 is 0. The van der Waals surface area contributed by atoms with Crippen LogP contribution in [0, 0.1) is 6.92 Å². The number of anilines is 2. The summed E-state index contributed by atoms with van der Waals surface area (Å²) in [6, 6.07) is 19.5. The van der Waals surface area contributed by atoms with Gasteiger partial charge in [0.1, 0.15) is 0 Å². The van der Waals surface area contributed by atoms with Crippen molar-refractivity contribution in [2.45, 2.75) is 13.3 Å². The van der Waals surface area contributed by atoms with Gasteiger partial charge in [-0.2, -0.15) is 0 Å². The minimum Gasteiger partial charge on any atom is -0.490 e. The first-order chi connectivity index (χ1) is 14.6. The van der Waals surface area contributed by atoms with E-state index in [1.165, 1.54) is 0 Å². The van der Waals surface area contributed by atoms with Crippen LogP contribution in [0.15, 0.2) is 66.7 Å². The van der Waals surface area contributed by atoms with Gasteiger partial charge in [0.25, 0.3) is 11.8 Å². The molecule has 0 aliphatic carbocycles. The van der Waals surface area contributed by atoms with E-state index in [0.717, 1.165) is 12.0 Å². The fourth-order valence-electron chi connectivity index (χ4n) is 3.13. The second-order valence-corrected chi connectivity index (χ2v) is 7.02. The normalized spacial score (nSPS) is 12.6. The SMILES string of the molecule is Cc1ccc(C(=O)Nc2ccc3c(c2)OCCCO3)cc1NC(=O)c1ccccc1. The van der Waals surface area contributed by atoms with Crippen LogP contribution in [-0.4, -0.2) is 25.0 Å². The number of carbonyl (C=O) groups is 2. The predicted molar refractivity (Wildman–Crippen MR) is 116 cm³/mol. The lowest BCUT2D eigenvalue weighted by molar-refractivity contribution is 0.101. The lowest BCUT2D eigenvalue weighted by Crippen LogP contribution is -2.15. The van der Waals surface area contributed by atoms with E-state index in [-0.39, 0.29) is 11.8 Å². The molecular weight excluding hydrogens is 380 g/mol. The second kappa shape index (κ2) is 8.69.